The number of aliphatic hydroxyl groups is 1. The second-order valence-corrected chi connectivity index (χ2v) is 16.1. The molecule has 3 aromatic rings. The van der Waals surface area contributed by atoms with E-state index in [1.165, 1.54) is 53.7 Å². The maximum Gasteiger partial charge on any atom is 0.261 e. The van der Waals surface area contributed by atoms with Crippen LogP contribution in [-0.4, -0.2) is 95.8 Å². The number of ether oxygens (including phenoxy) is 3. The quantitative estimate of drug-likeness (QED) is 0.306. The van der Waals surface area contributed by atoms with Crippen molar-refractivity contribution in [1.29, 1.82) is 0 Å². The zero-order valence-corrected chi connectivity index (χ0v) is 30.2. The summed E-state index contributed by atoms with van der Waals surface area (Å²) in [5, 5.41) is 10.2. The summed E-state index contributed by atoms with van der Waals surface area (Å²) in [7, 11) is -4.82. The predicted molar refractivity (Wildman–Crippen MR) is 187 cm³/mol. The molecule has 3 aromatic carbocycles. The topological polar surface area (TPSA) is 152 Å². The van der Waals surface area contributed by atoms with Gasteiger partial charge in [-0.3, -0.25) is 9.52 Å². The van der Waals surface area contributed by atoms with Gasteiger partial charge in [0.05, 0.1) is 47.3 Å². The monoisotopic (exact) mass is 717 g/mol. The van der Waals surface area contributed by atoms with Crippen molar-refractivity contribution in [2.75, 3.05) is 45.2 Å². The molecule has 4 rings (SSSR count). The van der Waals surface area contributed by atoms with Crippen LogP contribution < -0.4 is 14.2 Å². The van der Waals surface area contributed by atoms with Crippen LogP contribution in [0.4, 0.5) is 5.69 Å². The molecule has 0 bridgehead atoms. The van der Waals surface area contributed by atoms with Crippen LogP contribution in [-0.2, 0) is 24.8 Å². The number of anilines is 1. The average molecular weight is 718 g/mol. The second-order valence-electron chi connectivity index (χ2n) is 12.4. The van der Waals surface area contributed by atoms with E-state index >= 15 is 0 Å². The molecule has 0 spiro atoms. The van der Waals surface area contributed by atoms with Gasteiger partial charge in [-0.05, 0) is 87.7 Å². The van der Waals surface area contributed by atoms with Crippen molar-refractivity contribution in [2.24, 2.45) is 5.92 Å². The maximum absolute atomic E-state index is 14.4. The van der Waals surface area contributed by atoms with Gasteiger partial charge in [-0.25, -0.2) is 16.8 Å². The summed E-state index contributed by atoms with van der Waals surface area (Å²) in [6.45, 7) is 5.63. The molecule has 1 aliphatic rings. The molecular formula is C35H47N3O9S2. The Labute approximate surface area is 290 Å². The molecule has 0 saturated heterocycles. The average Bonchev–Trinajstić information content (AvgIpc) is 3.09. The molecule has 0 aliphatic carbocycles. The lowest BCUT2D eigenvalue weighted by Crippen LogP contribution is -2.48. The van der Waals surface area contributed by atoms with E-state index in [-0.39, 0.29) is 58.5 Å². The Kier molecular flexibility index (Phi) is 13.1. The van der Waals surface area contributed by atoms with Crippen molar-refractivity contribution < 1.29 is 40.9 Å². The number of nitrogens with zero attached hydrogens (tertiary/aromatic N) is 2. The molecule has 12 nitrogen and oxygen atoms in total. The van der Waals surface area contributed by atoms with Gasteiger partial charge < -0.3 is 24.2 Å². The Hall–Kier alpha value is -3.69. The van der Waals surface area contributed by atoms with Crippen LogP contribution >= 0.6 is 0 Å². The highest BCUT2D eigenvalue weighted by atomic mass is 32.2. The molecule has 268 valence electrons. The van der Waals surface area contributed by atoms with E-state index in [2.05, 4.69) is 4.72 Å². The standard InChI is InChI=1S/C35H47N3O9S2/c1-25-22-38(26(2)24-39)35(40)32-21-28(36-48(41,42)30-12-7-6-8-13-30)14-19-33(32)47-27(3)11-9-10-20-46-34(25)23-37(4)49(43,44)31-17-15-29(45-5)16-18-31/h6-8,12-19,21,25-27,34,36,39H,9-11,20,22-24H2,1-5H3/t25-,26+,27+,34+/m1/s1. The first-order valence-corrected chi connectivity index (χ1v) is 19.2. The van der Waals surface area contributed by atoms with Gasteiger partial charge in [0.1, 0.15) is 11.5 Å². The third kappa shape index (κ3) is 9.73. The first kappa shape index (κ1) is 38.1. The van der Waals surface area contributed by atoms with Crippen LogP contribution in [0.15, 0.2) is 82.6 Å². The molecule has 49 heavy (non-hydrogen) atoms. The molecule has 0 radical (unpaired) electrons. The first-order valence-electron chi connectivity index (χ1n) is 16.3. The minimum atomic E-state index is -3.95. The summed E-state index contributed by atoms with van der Waals surface area (Å²) < 4.78 is 74.8. The van der Waals surface area contributed by atoms with Gasteiger partial charge in [0.15, 0.2) is 0 Å². The van der Waals surface area contributed by atoms with E-state index in [9.17, 15) is 26.7 Å². The predicted octanol–water partition coefficient (Wildman–Crippen LogP) is 4.61. The van der Waals surface area contributed by atoms with Crippen molar-refractivity contribution in [3.63, 3.8) is 0 Å². The zero-order valence-electron chi connectivity index (χ0n) is 28.6. The maximum atomic E-state index is 14.4. The van der Waals surface area contributed by atoms with Gasteiger partial charge >= 0.3 is 0 Å². The highest BCUT2D eigenvalue weighted by molar-refractivity contribution is 7.92. The number of hydrogen-bond donors (Lipinski definition) is 2. The summed E-state index contributed by atoms with van der Waals surface area (Å²) in [5.41, 5.74) is 0.297. The lowest BCUT2D eigenvalue weighted by molar-refractivity contribution is -0.00833. The van der Waals surface area contributed by atoms with Crippen molar-refractivity contribution >= 4 is 31.6 Å². The number of hydrogen-bond acceptors (Lipinski definition) is 9. The third-order valence-electron chi connectivity index (χ3n) is 8.56. The molecule has 1 aliphatic heterocycles. The van der Waals surface area contributed by atoms with Crippen LogP contribution in [0.2, 0.25) is 0 Å². The summed E-state index contributed by atoms with van der Waals surface area (Å²) in [4.78, 5) is 16.0. The van der Waals surface area contributed by atoms with Gasteiger partial charge in [-0.2, -0.15) is 4.31 Å². The third-order valence-corrected chi connectivity index (χ3v) is 11.8. The number of aliphatic hydroxyl groups excluding tert-OH is 1. The molecule has 1 amide bonds. The molecule has 1 heterocycles. The van der Waals surface area contributed by atoms with E-state index in [1.807, 2.05) is 13.8 Å². The summed E-state index contributed by atoms with van der Waals surface area (Å²) in [6.07, 6.45) is 1.24. The van der Waals surface area contributed by atoms with Crippen molar-refractivity contribution in [3.05, 3.63) is 78.4 Å². The van der Waals surface area contributed by atoms with E-state index in [0.29, 0.717) is 25.2 Å². The lowest BCUT2D eigenvalue weighted by Gasteiger charge is -2.35. The number of likely N-dealkylation sites (N-methyl/N-ethyl adjacent to an activating group) is 1. The van der Waals surface area contributed by atoms with Gasteiger partial charge in [0.25, 0.3) is 15.9 Å². The number of methoxy groups -OCH3 is 1. The second kappa shape index (κ2) is 16.8. The molecular weight excluding hydrogens is 671 g/mol. The number of sulfonamides is 2. The van der Waals surface area contributed by atoms with E-state index in [1.54, 1.807) is 49.4 Å². The fraction of sp³-hybridized carbons (Fsp3) is 0.457. The summed E-state index contributed by atoms with van der Waals surface area (Å²) >= 11 is 0. The van der Waals surface area contributed by atoms with Crippen molar-refractivity contribution in [1.82, 2.24) is 9.21 Å². The molecule has 0 saturated carbocycles. The van der Waals surface area contributed by atoms with Crippen LogP contribution in [0.3, 0.4) is 0 Å². The van der Waals surface area contributed by atoms with Crippen molar-refractivity contribution in [2.45, 2.75) is 68.1 Å². The highest BCUT2D eigenvalue weighted by Crippen LogP contribution is 2.30. The van der Waals surface area contributed by atoms with Crippen LogP contribution in [0.1, 0.15) is 50.4 Å². The van der Waals surface area contributed by atoms with Crippen molar-refractivity contribution in [3.8, 4) is 11.5 Å². The molecule has 4 atom stereocenters. The van der Waals surface area contributed by atoms with Gasteiger partial charge in [0, 0.05) is 38.3 Å². The molecule has 0 aromatic heterocycles. The summed E-state index contributed by atoms with van der Waals surface area (Å²) in [6, 6.07) is 18.0. The zero-order chi connectivity index (χ0) is 35.8. The smallest absolute Gasteiger partial charge is 0.261 e. The Balaban J connectivity index is 1.66. The van der Waals surface area contributed by atoms with Gasteiger partial charge in [-0.15, -0.1) is 0 Å². The number of fused-ring (bicyclic) bond motifs is 1. The normalized spacial score (nSPS) is 20.5. The van der Waals surface area contributed by atoms with E-state index in [0.717, 1.165) is 6.42 Å². The van der Waals surface area contributed by atoms with Crippen LogP contribution in [0.5, 0.6) is 11.5 Å². The van der Waals surface area contributed by atoms with E-state index < -0.39 is 38.1 Å². The Morgan fingerprint density at radius 1 is 1.00 bits per heavy atom. The SMILES string of the molecule is COc1ccc(S(=O)(=O)N(C)C[C@@H]2OCCCC[C@H](C)Oc3ccc(NS(=O)(=O)c4ccccc4)cc3C(=O)N([C@@H](C)CO)C[C@H]2C)cc1. The number of benzene rings is 3. The molecule has 2 N–H and O–H groups in total. The number of carbonyl (C=O) groups excluding carboxylic acids is 1. The first-order chi connectivity index (χ1) is 23.3. The molecule has 0 unspecified atom stereocenters. The number of carbonyl (C=O) groups is 1. The van der Waals surface area contributed by atoms with Gasteiger partial charge in [-0.1, -0.05) is 25.1 Å². The summed E-state index contributed by atoms with van der Waals surface area (Å²) in [5.74, 6) is -0.0312. The fourth-order valence-electron chi connectivity index (χ4n) is 5.54. The fourth-order valence-corrected chi connectivity index (χ4v) is 7.80. The lowest BCUT2D eigenvalue weighted by atomic mass is 10.0. The van der Waals surface area contributed by atoms with Crippen LogP contribution in [0.25, 0.3) is 0 Å². The molecule has 14 heteroatoms. The number of rotatable bonds is 10. The number of amides is 1. The van der Waals surface area contributed by atoms with Crippen LogP contribution in [0, 0.1) is 5.92 Å². The van der Waals surface area contributed by atoms with Gasteiger partial charge in [0.2, 0.25) is 10.0 Å². The highest BCUT2D eigenvalue weighted by Gasteiger charge is 2.32. The minimum Gasteiger partial charge on any atom is -0.497 e. The largest absolute Gasteiger partial charge is 0.497 e. The Morgan fingerprint density at radius 2 is 1.69 bits per heavy atom. The minimum absolute atomic E-state index is 0.0204. The molecule has 0 fully saturated rings. The Bertz CT molecular complexity index is 1750. The number of nitrogens with one attached hydrogen (secondary N) is 1. The Morgan fingerprint density at radius 3 is 2.35 bits per heavy atom. The van der Waals surface area contributed by atoms with E-state index in [4.69, 9.17) is 14.2 Å².